The van der Waals surface area contributed by atoms with E-state index in [0.717, 1.165) is 46.0 Å². The Kier molecular flexibility index (Phi) is 4.53. The van der Waals surface area contributed by atoms with E-state index in [0.29, 0.717) is 0 Å². The van der Waals surface area contributed by atoms with Crippen LogP contribution in [0.15, 0.2) is 24.3 Å². The second-order valence-electron chi connectivity index (χ2n) is 4.27. The van der Waals surface area contributed by atoms with Crippen LogP contribution in [0, 0.1) is 19.3 Å². The molecule has 0 radical (unpaired) electrons. The second kappa shape index (κ2) is 6.35. The minimum absolute atomic E-state index is 0.753. The summed E-state index contributed by atoms with van der Waals surface area (Å²) in [5.74, 6) is 4.36. The number of nitrogens with zero attached hydrogens (tertiary/aromatic N) is 1. The third-order valence-electron chi connectivity index (χ3n) is 2.71. The lowest BCUT2D eigenvalue weighted by molar-refractivity contribution is 1.20. The molecule has 98 valence electrons. The fourth-order valence-corrected chi connectivity index (χ4v) is 2.42. The SMILES string of the molecule is C#CCSCCNc1cc(C)nc2ccc(N)cc12. The number of nitrogens with one attached hydrogen (secondary N) is 1. The topological polar surface area (TPSA) is 50.9 Å². The molecule has 4 heteroatoms. The monoisotopic (exact) mass is 271 g/mol. The molecule has 1 aromatic heterocycles. The van der Waals surface area contributed by atoms with Crippen molar-refractivity contribution in [2.75, 3.05) is 29.1 Å². The van der Waals surface area contributed by atoms with Gasteiger partial charge in [-0.2, -0.15) is 0 Å². The van der Waals surface area contributed by atoms with Gasteiger partial charge in [0.2, 0.25) is 0 Å². The Hall–Kier alpha value is -1.86. The molecule has 0 saturated carbocycles. The zero-order valence-corrected chi connectivity index (χ0v) is 11.8. The second-order valence-corrected chi connectivity index (χ2v) is 5.38. The molecular formula is C15H17N3S. The summed E-state index contributed by atoms with van der Waals surface area (Å²) in [7, 11) is 0. The van der Waals surface area contributed by atoms with E-state index in [4.69, 9.17) is 12.2 Å². The largest absolute Gasteiger partial charge is 0.399 e. The van der Waals surface area contributed by atoms with Crippen molar-refractivity contribution < 1.29 is 0 Å². The Balaban J connectivity index is 2.17. The highest BCUT2D eigenvalue weighted by Gasteiger charge is 2.04. The van der Waals surface area contributed by atoms with Crippen molar-refractivity contribution in [2.24, 2.45) is 0 Å². The smallest absolute Gasteiger partial charge is 0.0727 e. The molecule has 1 aromatic carbocycles. The first-order valence-electron chi connectivity index (χ1n) is 6.12. The number of aryl methyl sites for hydroxylation is 1. The Morgan fingerprint density at radius 3 is 3.05 bits per heavy atom. The summed E-state index contributed by atoms with van der Waals surface area (Å²) in [6, 6.07) is 7.84. The number of anilines is 2. The normalized spacial score (nSPS) is 10.3. The maximum atomic E-state index is 5.84. The van der Waals surface area contributed by atoms with E-state index in [1.807, 2.05) is 31.2 Å². The van der Waals surface area contributed by atoms with Gasteiger partial charge in [-0.15, -0.1) is 18.2 Å². The van der Waals surface area contributed by atoms with Crippen LogP contribution in [0.5, 0.6) is 0 Å². The maximum Gasteiger partial charge on any atom is 0.0727 e. The summed E-state index contributed by atoms with van der Waals surface area (Å²) in [5.41, 5.74) is 9.64. The van der Waals surface area contributed by atoms with Gasteiger partial charge >= 0.3 is 0 Å². The Bertz CT molecular complexity index is 617. The summed E-state index contributed by atoms with van der Waals surface area (Å²) in [5, 5.41) is 4.49. The lowest BCUT2D eigenvalue weighted by atomic mass is 10.1. The van der Waals surface area contributed by atoms with E-state index in [-0.39, 0.29) is 0 Å². The first kappa shape index (κ1) is 13.6. The van der Waals surface area contributed by atoms with Crippen molar-refractivity contribution in [1.82, 2.24) is 4.98 Å². The zero-order chi connectivity index (χ0) is 13.7. The fourth-order valence-electron chi connectivity index (χ4n) is 1.91. The minimum Gasteiger partial charge on any atom is -0.399 e. The van der Waals surface area contributed by atoms with E-state index in [2.05, 4.69) is 16.2 Å². The molecule has 2 rings (SSSR count). The number of hydrogen-bond donors (Lipinski definition) is 2. The summed E-state index contributed by atoms with van der Waals surface area (Å²) in [6.07, 6.45) is 5.22. The predicted octanol–water partition coefficient (Wildman–Crippen LogP) is 2.90. The molecule has 3 nitrogen and oxygen atoms in total. The van der Waals surface area contributed by atoms with Crippen LogP contribution < -0.4 is 11.1 Å². The first-order chi connectivity index (χ1) is 9.20. The molecule has 19 heavy (non-hydrogen) atoms. The van der Waals surface area contributed by atoms with Crippen LogP contribution in [0.25, 0.3) is 10.9 Å². The molecule has 1 heterocycles. The molecule has 0 aliphatic carbocycles. The van der Waals surface area contributed by atoms with Crippen LogP contribution in [-0.4, -0.2) is 23.0 Å². The van der Waals surface area contributed by atoms with Crippen molar-refractivity contribution in [3.8, 4) is 12.3 Å². The van der Waals surface area contributed by atoms with Gasteiger partial charge in [-0.05, 0) is 31.2 Å². The van der Waals surface area contributed by atoms with Crippen molar-refractivity contribution in [2.45, 2.75) is 6.92 Å². The van der Waals surface area contributed by atoms with Gasteiger partial charge in [-0.25, -0.2) is 0 Å². The lowest BCUT2D eigenvalue weighted by Crippen LogP contribution is -2.05. The van der Waals surface area contributed by atoms with E-state index >= 15 is 0 Å². The highest BCUT2D eigenvalue weighted by Crippen LogP contribution is 2.25. The van der Waals surface area contributed by atoms with E-state index in [1.165, 1.54) is 0 Å². The van der Waals surface area contributed by atoms with Crippen LogP contribution in [0.2, 0.25) is 0 Å². The number of rotatable bonds is 5. The molecular weight excluding hydrogens is 254 g/mol. The van der Waals surface area contributed by atoms with Crippen LogP contribution >= 0.6 is 11.8 Å². The van der Waals surface area contributed by atoms with Gasteiger partial charge in [-0.1, -0.05) is 5.92 Å². The molecule has 0 saturated heterocycles. The average molecular weight is 271 g/mol. The number of fused-ring (bicyclic) bond motifs is 1. The van der Waals surface area contributed by atoms with Crippen LogP contribution in [-0.2, 0) is 0 Å². The molecule has 0 fully saturated rings. The third-order valence-corrected chi connectivity index (χ3v) is 3.57. The number of pyridine rings is 1. The summed E-state index contributed by atoms with van der Waals surface area (Å²) in [6.45, 7) is 2.87. The Morgan fingerprint density at radius 2 is 2.26 bits per heavy atom. The van der Waals surface area contributed by atoms with E-state index in [1.54, 1.807) is 11.8 Å². The number of aromatic nitrogens is 1. The molecule has 3 N–H and O–H groups in total. The number of terminal acetylenes is 1. The van der Waals surface area contributed by atoms with Crippen LogP contribution in [0.1, 0.15) is 5.69 Å². The molecule has 0 aliphatic heterocycles. The van der Waals surface area contributed by atoms with Gasteiger partial charge in [0.05, 0.1) is 11.3 Å². The van der Waals surface area contributed by atoms with Crippen molar-refractivity contribution >= 4 is 34.0 Å². The molecule has 0 aliphatic rings. The summed E-state index contributed by atoms with van der Waals surface area (Å²) >= 11 is 1.75. The molecule has 2 aromatic rings. The van der Waals surface area contributed by atoms with Crippen molar-refractivity contribution in [3.05, 3.63) is 30.0 Å². The zero-order valence-electron chi connectivity index (χ0n) is 10.9. The number of thioether (sulfide) groups is 1. The highest BCUT2D eigenvalue weighted by molar-refractivity contribution is 7.99. The van der Waals surface area contributed by atoms with Gasteiger partial charge in [0.15, 0.2) is 0 Å². The number of benzene rings is 1. The highest BCUT2D eigenvalue weighted by atomic mass is 32.2. The van der Waals surface area contributed by atoms with Gasteiger partial charge < -0.3 is 11.1 Å². The van der Waals surface area contributed by atoms with E-state index < -0.39 is 0 Å². The van der Waals surface area contributed by atoms with Crippen LogP contribution in [0.4, 0.5) is 11.4 Å². The standard InChI is InChI=1S/C15H17N3S/c1-3-7-19-8-6-17-15-9-11(2)18-14-5-4-12(16)10-13(14)15/h1,4-5,9-10H,6-8,16H2,2H3,(H,17,18). The lowest BCUT2D eigenvalue weighted by Gasteiger charge is -2.11. The Labute approximate surface area is 118 Å². The molecule has 0 bridgehead atoms. The van der Waals surface area contributed by atoms with Crippen molar-refractivity contribution in [3.63, 3.8) is 0 Å². The molecule has 0 spiro atoms. The van der Waals surface area contributed by atoms with Gasteiger partial charge in [-0.3, -0.25) is 4.98 Å². The molecule has 0 atom stereocenters. The number of hydrogen-bond acceptors (Lipinski definition) is 4. The summed E-state index contributed by atoms with van der Waals surface area (Å²) < 4.78 is 0. The number of nitrogen functional groups attached to an aromatic ring is 1. The predicted molar refractivity (Wildman–Crippen MR) is 85.5 cm³/mol. The number of nitrogens with two attached hydrogens (primary N) is 1. The summed E-state index contributed by atoms with van der Waals surface area (Å²) in [4.78, 5) is 4.51. The molecule has 0 amide bonds. The third kappa shape index (κ3) is 3.55. The van der Waals surface area contributed by atoms with E-state index in [9.17, 15) is 0 Å². The minimum atomic E-state index is 0.753. The van der Waals surface area contributed by atoms with Crippen LogP contribution in [0.3, 0.4) is 0 Å². The quantitative estimate of drug-likeness (QED) is 0.499. The molecule has 0 unspecified atom stereocenters. The van der Waals surface area contributed by atoms with Gasteiger partial charge in [0.25, 0.3) is 0 Å². The first-order valence-corrected chi connectivity index (χ1v) is 7.28. The van der Waals surface area contributed by atoms with Crippen molar-refractivity contribution in [1.29, 1.82) is 0 Å². The van der Waals surface area contributed by atoms with Gasteiger partial charge in [0.1, 0.15) is 0 Å². The fraction of sp³-hybridized carbons (Fsp3) is 0.267. The maximum absolute atomic E-state index is 5.84. The Morgan fingerprint density at radius 1 is 1.42 bits per heavy atom. The average Bonchev–Trinajstić information content (AvgIpc) is 2.39. The van der Waals surface area contributed by atoms with Gasteiger partial charge in [0, 0.05) is 34.8 Å².